The molecule has 1 radical (unpaired) electrons. The van der Waals surface area contributed by atoms with Crippen LogP contribution in [0.15, 0.2) is 0 Å². The molecule has 1 saturated heterocycles. The van der Waals surface area contributed by atoms with Crippen molar-refractivity contribution in [3.63, 3.8) is 0 Å². The average Bonchev–Trinajstić information content (AvgIpc) is 2.25. The molecule has 6 heteroatoms. The van der Waals surface area contributed by atoms with Crippen molar-refractivity contribution in [2.45, 2.75) is 51.6 Å². The molecule has 0 amide bonds. The van der Waals surface area contributed by atoms with Crippen LogP contribution in [0.5, 0.6) is 0 Å². The molecule has 0 N–H and O–H groups in total. The van der Waals surface area contributed by atoms with E-state index in [4.69, 9.17) is 0 Å². The molecule has 1 rings (SSSR count). The molecule has 0 aromatic carbocycles. The Morgan fingerprint density at radius 3 is 1.56 bits per heavy atom. The van der Waals surface area contributed by atoms with Gasteiger partial charge in [-0.2, -0.15) is 12.8 Å². The van der Waals surface area contributed by atoms with Crippen LogP contribution in [0, 0.1) is 6.42 Å². The first-order chi connectivity index (χ1) is 7.67. The third-order valence-electron chi connectivity index (χ3n) is 3.44. The van der Waals surface area contributed by atoms with E-state index in [9.17, 15) is 4.57 Å². The van der Waals surface area contributed by atoms with Gasteiger partial charge in [0.1, 0.15) is 0 Å². The summed E-state index contributed by atoms with van der Waals surface area (Å²) < 4.78 is 18.4. The predicted octanol–water partition coefficient (Wildman–Crippen LogP) is 3.14. The van der Waals surface area contributed by atoms with E-state index in [1.807, 2.05) is 0 Å². The van der Waals surface area contributed by atoms with Gasteiger partial charge < -0.3 is 20.4 Å². The van der Waals surface area contributed by atoms with Crippen LogP contribution in [-0.2, 0) is 46.3 Å². The Labute approximate surface area is 138 Å². The summed E-state index contributed by atoms with van der Waals surface area (Å²) in [5.41, 5.74) is 0.698. The van der Waals surface area contributed by atoms with Crippen molar-refractivity contribution in [1.29, 1.82) is 0 Å². The number of nitrogens with zero attached hydrogens (tertiary/aromatic N) is 1. The molecule has 0 spiro atoms. The zero-order valence-corrected chi connectivity index (χ0v) is 16.6. The van der Waals surface area contributed by atoms with Crippen LogP contribution < -0.4 is 0 Å². The van der Waals surface area contributed by atoms with Crippen molar-refractivity contribution in [2.75, 3.05) is 21.3 Å². The quantitative estimate of drug-likeness (QED) is 0.565. The number of piperidine rings is 1. The first-order valence-electron chi connectivity index (χ1n) is 5.85. The standard InChI is InChI=1S/C10H20N.C2H7O3P.Y/c1-9(2)7-6-8-10(3,4)11(9)5;1-4-6(3)5-2;/h6H,7-8H2,1-5H3;6H,1-2H3;/q-1;;. The van der Waals surface area contributed by atoms with E-state index in [0.717, 1.165) is 0 Å². The summed E-state index contributed by atoms with van der Waals surface area (Å²) >= 11 is 0. The van der Waals surface area contributed by atoms with E-state index in [1.165, 1.54) is 27.1 Å². The normalized spacial score (nSPS) is 21.8. The second kappa shape index (κ2) is 9.21. The summed E-state index contributed by atoms with van der Waals surface area (Å²) in [5.74, 6) is 0. The van der Waals surface area contributed by atoms with Gasteiger partial charge in [0.2, 0.25) is 0 Å². The van der Waals surface area contributed by atoms with Crippen molar-refractivity contribution in [3.05, 3.63) is 6.42 Å². The number of rotatable bonds is 2. The van der Waals surface area contributed by atoms with Crippen LogP contribution in [0.3, 0.4) is 0 Å². The van der Waals surface area contributed by atoms with Crippen LogP contribution in [0.4, 0.5) is 0 Å². The van der Waals surface area contributed by atoms with Crippen LogP contribution in [0.2, 0.25) is 0 Å². The van der Waals surface area contributed by atoms with Gasteiger partial charge in [0.05, 0.1) is 0 Å². The minimum Gasteiger partial charge on any atom is -0.325 e. The maximum absolute atomic E-state index is 9.92. The van der Waals surface area contributed by atoms with Gasteiger partial charge in [-0.3, -0.25) is 4.57 Å². The smallest absolute Gasteiger partial charge is 0.318 e. The van der Waals surface area contributed by atoms with Crippen molar-refractivity contribution in [3.8, 4) is 0 Å². The van der Waals surface area contributed by atoms with E-state index in [1.54, 1.807) is 0 Å². The van der Waals surface area contributed by atoms with Crippen molar-refractivity contribution >= 4 is 8.25 Å². The van der Waals surface area contributed by atoms with Crippen LogP contribution >= 0.6 is 8.25 Å². The molecule has 0 atom stereocenters. The summed E-state index contributed by atoms with van der Waals surface area (Å²) in [6.07, 6.45) is 4.85. The average molecular weight is 353 g/mol. The van der Waals surface area contributed by atoms with E-state index >= 15 is 0 Å². The van der Waals surface area contributed by atoms with Crippen LogP contribution in [0.25, 0.3) is 0 Å². The molecular formula is C12H27NO3PY-. The second-order valence-electron chi connectivity index (χ2n) is 5.54. The van der Waals surface area contributed by atoms with Gasteiger partial charge >= 0.3 is 8.25 Å². The fraction of sp³-hybridized carbons (Fsp3) is 0.917. The molecule has 0 aliphatic carbocycles. The Kier molecular flexibility index (Phi) is 11.0. The molecule has 1 heterocycles. The van der Waals surface area contributed by atoms with E-state index < -0.39 is 8.25 Å². The SMILES string of the molecule is CN1C(C)(C)C[CH-]CC1(C)C.CO[PH](=O)OC.[Y]. The molecule has 0 aromatic heterocycles. The summed E-state index contributed by atoms with van der Waals surface area (Å²) in [7, 11) is 2.79. The Hall–Kier alpha value is 1.21. The monoisotopic (exact) mass is 353 g/mol. The molecular weight excluding hydrogens is 326 g/mol. The van der Waals surface area contributed by atoms with Gasteiger partial charge in [0.25, 0.3) is 0 Å². The minimum atomic E-state index is -2.12. The Morgan fingerprint density at radius 1 is 1.06 bits per heavy atom. The van der Waals surface area contributed by atoms with E-state index in [2.05, 4.69) is 55.1 Å². The fourth-order valence-corrected chi connectivity index (χ4v) is 2.12. The third-order valence-corrected chi connectivity index (χ3v) is 4.10. The van der Waals surface area contributed by atoms with E-state index in [0.29, 0.717) is 11.1 Å². The Morgan fingerprint density at radius 2 is 1.39 bits per heavy atom. The van der Waals surface area contributed by atoms with Crippen molar-refractivity contribution < 1.29 is 46.3 Å². The number of hydrogen-bond donors (Lipinski definition) is 0. The zero-order chi connectivity index (χ0) is 13.7. The first kappa shape index (κ1) is 21.5. The number of likely N-dealkylation sites (tertiary alicyclic amines) is 1. The topological polar surface area (TPSA) is 38.8 Å². The molecule has 0 unspecified atom stereocenters. The van der Waals surface area contributed by atoms with Gasteiger partial charge in [-0.25, -0.2) is 0 Å². The van der Waals surface area contributed by atoms with Crippen molar-refractivity contribution in [1.82, 2.24) is 4.90 Å². The Balaban J connectivity index is 0. The molecule has 18 heavy (non-hydrogen) atoms. The summed E-state index contributed by atoms with van der Waals surface area (Å²) in [6, 6.07) is 0. The van der Waals surface area contributed by atoms with Gasteiger partial charge in [0.15, 0.2) is 0 Å². The summed E-state index contributed by atoms with van der Waals surface area (Å²) in [5, 5.41) is 0. The third kappa shape index (κ3) is 7.12. The Bertz CT molecular complexity index is 238. The largest absolute Gasteiger partial charge is 0.325 e. The maximum atomic E-state index is 9.92. The second-order valence-corrected chi connectivity index (χ2v) is 6.86. The van der Waals surface area contributed by atoms with Gasteiger partial charge in [0, 0.05) is 46.9 Å². The van der Waals surface area contributed by atoms with Gasteiger partial charge in [-0.15, -0.1) is 0 Å². The van der Waals surface area contributed by atoms with Gasteiger partial charge in [-0.1, -0.05) is 0 Å². The molecule has 4 nitrogen and oxygen atoms in total. The van der Waals surface area contributed by atoms with E-state index in [-0.39, 0.29) is 32.7 Å². The minimum absolute atomic E-state index is 0. The number of hydrogen-bond acceptors (Lipinski definition) is 4. The molecule has 107 valence electrons. The zero-order valence-electron chi connectivity index (χ0n) is 12.7. The maximum Gasteiger partial charge on any atom is 0.318 e. The van der Waals surface area contributed by atoms with Crippen LogP contribution in [-0.4, -0.2) is 37.2 Å². The molecule has 1 fully saturated rings. The first-order valence-corrected chi connectivity index (χ1v) is 7.07. The molecule has 0 bridgehead atoms. The van der Waals surface area contributed by atoms with Crippen molar-refractivity contribution in [2.24, 2.45) is 0 Å². The molecule has 0 aromatic rings. The predicted molar refractivity (Wildman–Crippen MR) is 72.5 cm³/mol. The molecule has 1 aliphatic rings. The summed E-state index contributed by atoms with van der Waals surface area (Å²) in [6.45, 7) is 9.24. The van der Waals surface area contributed by atoms with Crippen LogP contribution in [0.1, 0.15) is 40.5 Å². The summed E-state index contributed by atoms with van der Waals surface area (Å²) in [4.78, 5) is 2.49. The molecule has 1 aliphatic heterocycles. The fourth-order valence-electron chi connectivity index (χ4n) is 1.96. The molecule has 0 saturated carbocycles. The van der Waals surface area contributed by atoms with Gasteiger partial charge in [-0.05, 0) is 45.8 Å².